The minimum Gasteiger partial charge on any atom is -0.478 e. The zero-order chi connectivity index (χ0) is 28.4. The van der Waals surface area contributed by atoms with E-state index in [1.54, 1.807) is 0 Å². The molecular weight excluding hydrogens is 482 g/mol. The first-order valence-electron chi connectivity index (χ1n) is 14.8. The van der Waals surface area contributed by atoms with E-state index in [4.69, 9.17) is 10.5 Å². The van der Waals surface area contributed by atoms with Gasteiger partial charge in [-0.1, -0.05) is 48.0 Å². The highest BCUT2D eigenvalue weighted by atomic mass is 16.5. The third-order valence-electron chi connectivity index (χ3n) is 12.1. The van der Waals surface area contributed by atoms with Crippen LogP contribution in [0.2, 0.25) is 0 Å². The molecule has 0 aromatic heterocycles. The van der Waals surface area contributed by atoms with Crippen LogP contribution in [0, 0.1) is 39.9 Å². The number of esters is 1. The number of carboxylic acid groups (broad SMARTS) is 1. The molecule has 7 nitrogen and oxygen atoms in total. The molecule has 0 unspecified atom stereocenters. The van der Waals surface area contributed by atoms with Crippen LogP contribution in [-0.4, -0.2) is 51.1 Å². The molecule has 0 aromatic carbocycles. The van der Waals surface area contributed by atoms with Crippen molar-refractivity contribution in [2.45, 2.75) is 130 Å². The Morgan fingerprint density at radius 3 is 2.32 bits per heavy atom. The normalized spacial score (nSPS) is 47.7. The molecule has 0 radical (unpaired) electrons. The fraction of sp³-hybridized carbons (Fsp3) is 0.871. The average molecular weight is 534 g/mol. The van der Waals surface area contributed by atoms with Crippen molar-refractivity contribution in [3.05, 3.63) is 11.1 Å². The van der Waals surface area contributed by atoms with Crippen molar-refractivity contribution in [1.82, 2.24) is 0 Å². The molecule has 0 aliphatic heterocycles. The van der Waals surface area contributed by atoms with Gasteiger partial charge in [0.1, 0.15) is 6.10 Å². The van der Waals surface area contributed by atoms with Gasteiger partial charge in [0.15, 0.2) is 0 Å². The molecule has 0 bridgehead atoms. The highest BCUT2D eigenvalue weighted by Crippen LogP contribution is 2.75. The van der Waals surface area contributed by atoms with Crippen LogP contribution in [0.1, 0.15) is 106 Å². The van der Waals surface area contributed by atoms with E-state index in [-0.39, 0.29) is 35.3 Å². The fourth-order valence-electron chi connectivity index (χ4n) is 10.2. The Kier molecular flexibility index (Phi) is 7.68. The second-order valence-corrected chi connectivity index (χ2v) is 14.4. The van der Waals surface area contributed by atoms with Gasteiger partial charge < -0.3 is 25.8 Å². The van der Waals surface area contributed by atoms with Gasteiger partial charge in [0, 0.05) is 23.6 Å². The van der Waals surface area contributed by atoms with Crippen LogP contribution < -0.4 is 5.73 Å². The zero-order valence-corrected chi connectivity index (χ0v) is 24.5. The van der Waals surface area contributed by atoms with Gasteiger partial charge in [0.05, 0.1) is 12.2 Å². The molecule has 4 aliphatic rings. The van der Waals surface area contributed by atoms with E-state index in [1.165, 1.54) is 6.92 Å². The SMILES string of the molecule is CC(=O)O[C@H]1C[C@@]2(C)[C@@](N)(C[C@@H](O)[C@H]3[C@@]4(C)CC[C@@H](O)[C@@H](C)[C@@H]4CC[C@@]32C)/C1=C(\CCCC(C)C)C(=O)O. The van der Waals surface area contributed by atoms with Crippen molar-refractivity contribution < 1.29 is 29.6 Å². The molecule has 4 rings (SSSR count). The molecule has 5 N–H and O–H groups in total. The number of ether oxygens (including phenoxy) is 1. The molecule has 10 atom stereocenters. The molecule has 38 heavy (non-hydrogen) atoms. The first-order chi connectivity index (χ1) is 17.5. The molecular formula is C31H51NO6. The lowest BCUT2D eigenvalue weighted by Gasteiger charge is -2.70. The highest BCUT2D eigenvalue weighted by molar-refractivity contribution is 5.89. The molecule has 0 aromatic rings. The molecule has 0 amide bonds. The largest absolute Gasteiger partial charge is 0.478 e. The third-order valence-corrected chi connectivity index (χ3v) is 12.1. The van der Waals surface area contributed by atoms with Crippen molar-refractivity contribution in [3.8, 4) is 0 Å². The molecule has 216 valence electrons. The summed E-state index contributed by atoms with van der Waals surface area (Å²) in [6, 6.07) is 0. The quantitative estimate of drug-likeness (QED) is 0.284. The lowest BCUT2D eigenvalue weighted by Crippen LogP contribution is -2.72. The Hall–Kier alpha value is -1.44. The standard InChI is InChI=1S/C31H51NO6/c1-17(2)9-8-10-20(27(36)37)25-24(38-19(4)33)16-30(7)29(6)14-11-21-18(3)22(34)12-13-28(21,5)26(29)23(35)15-31(25,30)32/h17-18,21-24,26,34-35H,8-16,32H2,1-7H3,(H,36,37)/b25-20+/t18-,21-,22+,23+,24-,26-,28-,29-,30+,31+/m0/s1. The average Bonchev–Trinajstić information content (AvgIpc) is 3.00. The molecule has 7 heteroatoms. The number of carbonyl (C=O) groups is 2. The van der Waals surface area contributed by atoms with E-state index in [0.717, 1.165) is 32.1 Å². The second kappa shape index (κ2) is 9.88. The third kappa shape index (κ3) is 4.17. The number of rotatable bonds is 6. The monoisotopic (exact) mass is 533 g/mol. The first-order valence-corrected chi connectivity index (χ1v) is 14.8. The Balaban J connectivity index is 1.86. The number of aliphatic hydroxyl groups is 2. The van der Waals surface area contributed by atoms with E-state index < -0.39 is 40.5 Å². The number of aliphatic hydroxyl groups excluding tert-OH is 2. The fourth-order valence-corrected chi connectivity index (χ4v) is 10.2. The first kappa shape index (κ1) is 29.5. The van der Waals surface area contributed by atoms with Crippen LogP contribution in [0.5, 0.6) is 0 Å². The van der Waals surface area contributed by atoms with Gasteiger partial charge in [-0.15, -0.1) is 0 Å². The van der Waals surface area contributed by atoms with Crippen LogP contribution >= 0.6 is 0 Å². The highest BCUT2D eigenvalue weighted by Gasteiger charge is 2.75. The minimum absolute atomic E-state index is 0.0445. The van der Waals surface area contributed by atoms with Crippen molar-refractivity contribution >= 4 is 11.9 Å². The summed E-state index contributed by atoms with van der Waals surface area (Å²) in [6.45, 7) is 14.4. The van der Waals surface area contributed by atoms with Crippen LogP contribution in [0.4, 0.5) is 0 Å². The van der Waals surface area contributed by atoms with Crippen molar-refractivity contribution in [3.63, 3.8) is 0 Å². The summed E-state index contributed by atoms with van der Waals surface area (Å²) < 4.78 is 5.87. The smallest absolute Gasteiger partial charge is 0.331 e. The Morgan fingerprint density at radius 1 is 1.08 bits per heavy atom. The van der Waals surface area contributed by atoms with Gasteiger partial charge in [-0.05, 0) is 91.3 Å². The van der Waals surface area contributed by atoms with Gasteiger partial charge in [-0.2, -0.15) is 0 Å². The molecule has 0 spiro atoms. The summed E-state index contributed by atoms with van der Waals surface area (Å²) in [5, 5.41) is 33.1. The summed E-state index contributed by atoms with van der Waals surface area (Å²) in [7, 11) is 0. The Morgan fingerprint density at radius 2 is 1.74 bits per heavy atom. The van der Waals surface area contributed by atoms with Crippen molar-refractivity contribution in [1.29, 1.82) is 0 Å². The van der Waals surface area contributed by atoms with E-state index in [9.17, 15) is 24.9 Å². The Bertz CT molecular complexity index is 993. The maximum atomic E-state index is 12.7. The minimum atomic E-state index is -1.10. The maximum absolute atomic E-state index is 12.7. The van der Waals surface area contributed by atoms with Crippen LogP contribution in [0.15, 0.2) is 11.1 Å². The number of carbonyl (C=O) groups excluding carboxylic acids is 1. The number of aliphatic carboxylic acids is 1. The summed E-state index contributed by atoms with van der Waals surface area (Å²) >= 11 is 0. The number of carboxylic acids is 1. The van der Waals surface area contributed by atoms with E-state index in [0.29, 0.717) is 36.7 Å². The lowest BCUT2D eigenvalue weighted by molar-refractivity contribution is -0.238. The second-order valence-electron chi connectivity index (χ2n) is 14.4. The molecule has 4 fully saturated rings. The summed E-state index contributed by atoms with van der Waals surface area (Å²) in [5.74, 6) is -0.587. The van der Waals surface area contributed by atoms with Gasteiger partial charge in [0.25, 0.3) is 0 Å². The molecule has 0 heterocycles. The van der Waals surface area contributed by atoms with Crippen LogP contribution in [-0.2, 0) is 14.3 Å². The van der Waals surface area contributed by atoms with E-state index in [2.05, 4.69) is 41.5 Å². The van der Waals surface area contributed by atoms with Gasteiger partial charge in [0.2, 0.25) is 0 Å². The zero-order valence-electron chi connectivity index (χ0n) is 24.5. The van der Waals surface area contributed by atoms with Crippen LogP contribution in [0.25, 0.3) is 0 Å². The van der Waals surface area contributed by atoms with Gasteiger partial charge >= 0.3 is 11.9 Å². The van der Waals surface area contributed by atoms with Crippen molar-refractivity contribution in [2.75, 3.05) is 0 Å². The Labute approximate surface area is 228 Å². The number of fused-ring (bicyclic) bond motifs is 5. The number of hydrogen-bond acceptors (Lipinski definition) is 6. The summed E-state index contributed by atoms with van der Waals surface area (Å²) in [6.07, 6.45) is 4.25. The molecule has 4 aliphatic carbocycles. The van der Waals surface area contributed by atoms with E-state index >= 15 is 0 Å². The van der Waals surface area contributed by atoms with Gasteiger partial charge in [-0.25, -0.2) is 4.79 Å². The number of nitrogens with two attached hydrogens (primary N) is 1. The maximum Gasteiger partial charge on any atom is 0.331 e. The predicted molar refractivity (Wildman–Crippen MR) is 146 cm³/mol. The van der Waals surface area contributed by atoms with Gasteiger partial charge in [-0.3, -0.25) is 4.79 Å². The van der Waals surface area contributed by atoms with Crippen molar-refractivity contribution in [2.24, 2.45) is 45.7 Å². The lowest BCUT2D eigenvalue weighted by atomic mass is 9.35. The summed E-state index contributed by atoms with van der Waals surface area (Å²) in [5.41, 5.74) is 5.95. The number of hydrogen-bond donors (Lipinski definition) is 4. The van der Waals surface area contributed by atoms with E-state index in [1.807, 2.05) is 0 Å². The topological polar surface area (TPSA) is 130 Å². The molecule has 0 saturated heterocycles. The summed E-state index contributed by atoms with van der Waals surface area (Å²) in [4.78, 5) is 25.0. The molecule has 4 saturated carbocycles. The predicted octanol–water partition coefficient (Wildman–Crippen LogP) is 4.83. The van der Waals surface area contributed by atoms with Crippen LogP contribution in [0.3, 0.4) is 0 Å².